The minimum Gasteiger partial charge on any atom is -0.364 e. The van der Waals surface area contributed by atoms with Crippen LogP contribution in [0.4, 0.5) is 5.69 Å². The number of carbonyl (C=O) groups excluding carboxylic acids is 1. The Hall–Kier alpha value is -1.77. The van der Waals surface area contributed by atoms with E-state index in [0.29, 0.717) is 11.9 Å². The van der Waals surface area contributed by atoms with Crippen molar-refractivity contribution in [3.63, 3.8) is 0 Å². The van der Waals surface area contributed by atoms with Gasteiger partial charge in [-0.2, -0.15) is 0 Å². The summed E-state index contributed by atoms with van der Waals surface area (Å²) in [6, 6.07) is 9.03. The molecule has 0 unspecified atom stereocenters. The summed E-state index contributed by atoms with van der Waals surface area (Å²) in [5.41, 5.74) is 2.50. The number of likely N-dealkylation sites (tertiary alicyclic amines) is 1. The standard InChI is InChI=1S/C24H37N5O.HI/c1-4-20(5-2)23(30)29-15-11-21(12-16-29)27-24(25-3)26-18-19-9-8-10-22(17-19)28-13-6-7-14-28;/h6-10,17,20-21H,4-5,11-16,18H2,1-3H3,(H2,25,26,27);1H. The quantitative estimate of drug-likeness (QED) is 0.240. The number of piperidine rings is 1. The van der Waals surface area contributed by atoms with Crippen LogP contribution in [-0.4, -0.2) is 56.0 Å². The number of hydrogen-bond donors (Lipinski definition) is 2. The van der Waals surface area contributed by atoms with Crippen molar-refractivity contribution in [2.45, 2.75) is 52.1 Å². The maximum absolute atomic E-state index is 12.6. The molecule has 7 heteroatoms. The first-order valence-corrected chi connectivity index (χ1v) is 11.4. The van der Waals surface area contributed by atoms with Crippen LogP contribution >= 0.6 is 24.0 Å². The molecule has 1 aromatic carbocycles. The van der Waals surface area contributed by atoms with E-state index in [9.17, 15) is 4.79 Å². The maximum atomic E-state index is 12.6. The Morgan fingerprint density at radius 3 is 2.45 bits per heavy atom. The number of aliphatic imine (C=N–C) groups is 1. The van der Waals surface area contributed by atoms with Crippen LogP contribution in [0.3, 0.4) is 0 Å². The Morgan fingerprint density at radius 2 is 1.84 bits per heavy atom. The summed E-state index contributed by atoms with van der Waals surface area (Å²) >= 11 is 0. The number of halogens is 1. The molecule has 6 nitrogen and oxygen atoms in total. The fourth-order valence-electron chi connectivity index (χ4n) is 4.27. The topological polar surface area (TPSA) is 60.0 Å². The first-order chi connectivity index (χ1) is 14.6. The predicted octanol–water partition coefficient (Wildman–Crippen LogP) is 3.77. The molecule has 1 saturated heterocycles. The van der Waals surface area contributed by atoms with Crippen LogP contribution in [0, 0.1) is 5.92 Å². The van der Waals surface area contributed by atoms with Gasteiger partial charge in [0.05, 0.1) is 0 Å². The second-order valence-corrected chi connectivity index (χ2v) is 8.23. The van der Waals surface area contributed by atoms with E-state index in [1.807, 2.05) is 11.9 Å². The van der Waals surface area contributed by atoms with Crippen molar-refractivity contribution in [2.75, 3.05) is 38.1 Å². The van der Waals surface area contributed by atoms with Crippen LogP contribution in [0.1, 0.15) is 45.1 Å². The number of guanidine groups is 1. The molecule has 2 N–H and O–H groups in total. The molecule has 0 spiro atoms. The minimum absolute atomic E-state index is 0. The van der Waals surface area contributed by atoms with Gasteiger partial charge in [0, 0.05) is 57.4 Å². The van der Waals surface area contributed by atoms with Crippen molar-refractivity contribution in [3.05, 3.63) is 42.0 Å². The molecule has 31 heavy (non-hydrogen) atoms. The Morgan fingerprint density at radius 1 is 1.16 bits per heavy atom. The van der Waals surface area contributed by atoms with E-state index < -0.39 is 0 Å². The van der Waals surface area contributed by atoms with Gasteiger partial charge in [-0.15, -0.1) is 24.0 Å². The van der Waals surface area contributed by atoms with Crippen molar-refractivity contribution in [1.29, 1.82) is 0 Å². The summed E-state index contributed by atoms with van der Waals surface area (Å²) < 4.78 is 0. The van der Waals surface area contributed by atoms with Gasteiger partial charge in [0.2, 0.25) is 5.91 Å². The summed E-state index contributed by atoms with van der Waals surface area (Å²) in [6.45, 7) is 8.57. The van der Waals surface area contributed by atoms with Crippen LogP contribution < -0.4 is 15.5 Å². The van der Waals surface area contributed by atoms with Crippen LogP contribution in [0.25, 0.3) is 0 Å². The molecule has 1 amide bonds. The smallest absolute Gasteiger partial charge is 0.225 e. The van der Waals surface area contributed by atoms with Gasteiger partial charge < -0.3 is 20.4 Å². The van der Waals surface area contributed by atoms with E-state index in [0.717, 1.165) is 64.4 Å². The first-order valence-electron chi connectivity index (χ1n) is 11.4. The Balaban J connectivity index is 0.00000341. The second-order valence-electron chi connectivity index (χ2n) is 8.23. The van der Waals surface area contributed by atoms with Crippen molar-refractivity contribution < 1.29 is 4.79 Å². The van der Waals surface area contributed by atoms with Crippen molar-refractivity contribution in [2.24, 2.45) is 10.9 Å². The monoisotopic (exact) mass is 539 g/mol. The zero-order valence-electron chi connectivity index (χ0n) is 19.1. The van der Waals surface area contributed by atoms with Crippen molar-refractivity contribution in [3.8, 4) is 0 Å². The van der Waals surface area contributed by atoms with Gasteiger partial charge in [-0.25, -0.2) is 0 Å². The Labute approximate surface area is 204 Å². The van der Waals surface area contributed by atoms with E-state index in [1.54, 1.807) is 0 Å². The van der Waals surface area contributed by atoms with E-state index in [1.165, 1.54) is 11.3 Å². The summed E-state index contributed by atoms with van der Waals surface area (Å²) in [7, 11) is 1.81. The summed E-state index contributed by atoms with van der Waals surface area (Å²) in [5, 5.41) is 6.99. The molecule has 0 aliphatic carbocycles. The molecule has 0 saturated carbocycles. The molecule has 0 atom stereocenters. The number of anilines is 1. The average Bonchev–Trinajstić information content (AvgIpc) is 3.33. The van der Waals surface area contributed by atoms with E-state index >= 15 is 0 Å². The summed E-state index contributed by atoms with van der Waals surface area (Å²) in [4.78, 5) is 21.4. The fraction of sp³-hybridized carbons (Fsp3) is 0.583. The van der Waals surface area contributed by atoms with Gasteiger partial charge in [-0.1, -0.05) is 38.1 Å². The Kier molecular flexibility index (Phi) is 10.6. The van der Waals surface area contributed by atoms with Crippen LogP contribution in [0.5, 0.6) is 0 Å². The highest BCUT2D eigenvalue weighted by molar-refractivity contribution is 14.0. The summed E-state index contributed by atoms with van der Waals surface area (Å²) in [5.74, 6) is 1.33. The molecule has 0 aromatic heterocycles. The van der Waals surface area contributed by atoms with E-state index in [-0.39, 0.29) is 29.9 Å². The molecule has 1 aromatic rings. The summed E-state index contributed by atoms with van der Waals surface area (Å²) in [6.07, 6.45) is 8.20. The molecule has 172 valence electrons. The van der Waals surface area contributed by atoms with E-state index in [4.69, 9.17) is 0 Å². The molecule has 2 heterocycles. The molecular weight excluding hydrogens is 501 g/mol. The highest BCUT2D eigenvalue weighted by Crippen LogP contribution is 2.19. The van der Waals surface area contributed by atoms with E-state index in [2.05, 4.69) is 70.8 Å². The normalized spacial score (nSPS) is 17.1. The van der Waals surface area contributed by atoms with Gasteiger partial charge in [-0.3, -0.25) is 9.79 Å². The van der Waals surface area contributed by atoms with Crippen LogP contribution in [-0.2, 0) is 11.3 Å². The van der Waals surface area contributed by atoms with Crippen LogP contribution in [0.15, 0.2) is 41.4 Å². The zero-order chi connectivity index (χ0) is 21.3. The number of benzene rings is 1. The lowest BCUT2D eigenvalue weighted by atomic mass is 9.98. The number of amides is 1. The molecular formula is C24H38IN5O. The Bertz CT molecular complexity index is 746. The number of carbonyl (C=O) groups is 1. The number of rotatable bonds is 7. The first kappa shape index (κ1) is 25.5. The van der Waals surface area contributed by atoms with Gasteiger partial charge >= 0.3 is 0 Å². The largest absolute Gasteiger partial charge is 0.364 e. The third kappa shape index (κ3) is 7.12. The lowest BCUT2D eigenvalue weighted by Crippen LogP contribution is -2.50. The molecule has 0 bridgehead atoms. The van der Waals surface area contributed by atoms with Gasteiger partial charge in [0.1, 0.15) is 0 Å². The molecule has 1 fully saturated rings. The average molecular weight is 540 g/mol. The molecule has 0 radical (unpaired) electrons. The highest BCUT2D eigenvalue weighted by atomic mass is 127. The van der Waals surface area contributed by atoms with Gasteiger partial charge in [-0.05, 0) is 43.4 Å². The number of nitrogens with one attached hydrogen (secondary N) is 2. The SMILES string of the molecule is CCC(CC)C(=O)N1CCC(NC(=NC)NCc2cccc(N3CC=CC3)c2)CC1.I. The molecule has 3 rings (SSSR count). The van der Waals surface area contributed by atoms with Crippen molar-refractivity contribution >= 4 is 41.5 Å². The third-order valence-electron chi connectivity index (χ3n) is 6.26. The molecule has 2 aliphatic heterocycles. The lowest BCUT2D eigenvalue weighted by molar-refractivity contribution is -0.136. The molecule has 2 aliphatic rings. The lowest BCUT2D eigenvalue weighted by Gasteiger charge is -2.34. The van der Waals surface area contributed by atoms with Crippen LogP contribution in [0.2, 0.25) is 0 Å². The zero-order valence-corrected chi connectivity index (χ0v) is 21.5. The van der Waals surface area contributed by atoms with Gasteiger partial charge in [0.25, 0.3) is 0 Å². The second kappa shape index (κ2) is 12.9. The number of nitrogens with zero attached hydrogens (tertiary/aromatic N) is 3. The van der Waals surface area contributed by atoms with Crippen molar-refractivity contribution in [1.82, 2.24) is 15.5 Å². The fourth-order valence-corrected chi connectivity index (χ4v) is 4.27. The minimum atomic E-state index is 0. The van der Waals surface area contributed by atoms with Gasteiger partial charge in [0.15, 0.2) is 5.96 Å². The number of hydrogen-bond acceptors (Lipinski definition) is 3. The highest BCUT2D eigenvalue weighted by Gasteiger charge is 2.26. The third-order valence-corrected chi connectivity index (χ3v) is 6.26. The predicted molar refractivity (Wildman–Crippen MR) is 140 cm³/mol. The maximum Gasteiger partial charge on any atom is 0.225 e.